The number of hydrogen-bond acceptors (Lipinski definition) is 3. The molecule has 0 aliphatic rings. The van der Waals surface area contributed by atoms with E-state index in [1.165, 1.54) is 12.1 Å². The van der Waals surface area contributed by atoms with Gasteiger partial charge >= 0.3 is 0 Å². The Hall–Kier alpha value is -1.91. The van der Waals surface area contributed by atoms with Crippen molar-refractivity contribution >= 4 is 0 Å². The molecule has 0 aliphatic heterocycles. The third kappa shape index (κ3) is 2.75. The fourth-order valence-electron chi connectivity index (χ4n) is 2.09. The number of nitrogens with two attached hydrogens (primary N) is 2. The zero-order chi connectivity index (χ0) is 13.8. The lowest BCUT2D eigenvalue weighted by atomic mass is 9.95. The molecule has 0 spiro atoms. The average Bonchev–Trinajstić information content (AvgIpc) is 2.46. The molecule has 0 aromatic heterocycles. The smallest absolute Gasteiger partial charge is 0.123 e. The molecule has 0 saturated carbocycles. The quantitative estimate of drug-likeness (QED) is 0.887. The highest BCUT2D eigenvalue weighted by Gasteiger charge is 2.11. The zero-order valence-electron chi connectivity index (χ0n) is 10.8. The summed E-state index contributed by atoms with van der Waals surface area (Å²) in [6.45, 7) is 0.719. The summed E-state index contributed by atoms with van der Waals surface area (Å²) in [6.07, 6.45) is 0. The Balaban J connectivity index is 2.65. The maximum atomic E-state index is 13.5. The molecule has 0 heterocycles. The van der Waals surface area contributed by atoms with Crippen molar-refractivity contribution in [3.8, 4) is 16.9 Å². The van der Waals surface area contributed by atoms with Gasteiger partial charge in [0, 0.05) is 13.1 Å². The number of methoxy groups -OCH3 is 1. The SMILES string of the molecule is COc1ccc(CN)c(-c2cc(F)ccc2CN)c1. The topological polar surface area (TPSA) is 61.3 Å². The lowest BCUT2D eigenvalue weighted by Gasteiger charge is -2.14. The van der Waals surface area contributed by atoms with E-state index < -0.39 is 0 Å². The van der Waals surface area contributed by atoms with E-state index in [0.29, 0.717) is 18.8 Å². The number of halogens is 1. The third-order valence-electron chi connectivity index (χ3n) is 3.12. The van der Waals surface area contributed by atoms with Gasteiger partial charge in [-0.1, -0.05) is 12.1 Å². The predicted molar refractivity (Wildman–Crippen MR) is 74.2 cm³/mol. The van der Waals surface area contributed by atoms with Gasteiger partial charge < -0.3 is 16.2 Å². The summed E-state index contributed by atoms with van der Waals surface area (Å²) >= 11 is 0. The number of benzene rings is 2. The van der Waals surface area contributed by atoms with Gasteiger partial charge in [0.2, 0.25) is 0 Å². The highest BCUT2D eigenvalue weighted by atomic mass is 19.1. The zero-order valence-corrected chi connectivity index (χ0v) is 10.8. The molecular formula is C15H17FN2O. The normalized spacial score (nSPS) is 10.5. The van der Waals surface area contributed by atoms with Gasteiger partial charge in [0.1, 0.15) is 11.6 Å². The molecule has 0 atom stereocenters. The van der Waals surface area contributed by atoms with Crippen LogP contribution in [0.3, 0.4) is 0 Å². The monoisotopic (exact) mass is 260 g/mol. The Morgan fingerprint density at radius 3 is 2.11 bits per heavy atom. The second-order valence-corrected chi connectivity index (χ2v) is 4.23. The number of rotatable bonds is 4. The van der Waals surface area contributed by atoms with Crippen LogP contribution in [0, 0.1) is 5.82 Å². The van der Waals surface area contributed by atoms with E-state index in [0.717, 1.165) is 22.3 Å². The van der Waals surface area contributed by atoms with Gasteiger partial charge in [-0.2, -0.15) is 0 Å². The minimum Gasteiger partial charge on any atom is -0.497 e. The third-order valence-corrected chi connectivity index (χ3v) is 3.12. The van der Waals surface area contributed by atoms with Gasteiger partial charge in [0.05, 0.1) is 7.11 Å². The fraction of sp³-hybridized carbons (Fsp3) is 0.200. The molecule has 0 bridgehead atoms. The van der Waals surface area contributed by atoms with Gasteiger partial charge in [-0.15, -0.1) is 0 Å². The van der Waals surface area contributed by atoms with E-state index in [4.69, 9.17) is 16.2 Å². The molecule has 4 heteroatoms. The molecule has 100 valence electrons. The summed E-state index contributed by atoms with van der Waals surface area (Å²) in [5, 5.41) is 0. The maximum Gasteiger partial charge on any atom is 0.123 e. The largest absolute Gasteiger partial charge is 0.497 e. The van der Waals surface area contributed by atoms with Crippen LogP contribution in [-0.4, -0.2) is 7.11 Å². The molecule has 0 radical (unpaired) electrons. The van der Waals surface area contributed by atoms with Crippen LogP contribution < -0.4 is 16.2 Å². The lowest BCUT2D eigenvalue weighted by Crippen LogP contribution is -2.04. The van der Waals surface area contributed by atoms with Crippen LogP contribution in [0.2, 0.25) is 0 Å². The number of ether oxygens (including phenoxy) is 1. The molecule has 0 saturated heterocycles. The van der Waals surface area contributed by atoms with Gasteiger partial charge in [0.25, 0.3) is 0 Å². The fourth-order valence-corrected chi connectivity index (χ4v) is 2.09. The molecule has 2 aromatic carbocycles. The van der Waals surface area contributed by atoms with Crippen molar-refractivity contribution in [1.82, 2.24) is 0 Å². The summed E-state index contributed by atoms with van der Waals surface area (Å²) in [4.78, 5) is 0. The van der Waals surface area contributed by atoms with E-state index in [9.17, 15) is 4.39 Å². The van der Waals surface area contributed by atoms with Crippen LogP contribution in [0.25, 0.3) is 11.1 Å². The minimum absolute atomic E-state index is 0.294. The van der Waals surface area contributed by atoms with Gasteiger partial charge in [0.15, 0.2) is 0 Å². The van der Waals surface area contributed by atoms with E-state index >= 15 is 0 Å². The van der Waals surface area contributed by atoms with Crippen LogP contribution in [-0.2, 0) is 13.1 Å². The Morgan fingerprint density at radius 2 is 1.53 bits per heavy atom. The second kappa shape index (κ2) is 5.82. The van der Waals surface area contributed by atoms with Gasteiger partial charge in [-0.05, 0) is 46.5 Å². The summed E-state index contributed by atoms with van der Waals surface area (Å²) in [5.74, 6) is 0.414. The van der Waals surface area contributed by atoms with E-state index in [2.05, 4.69) is 0 Å². The van der Waals surface area contributed by atoms with Crippen LogP contribution in [0.4, 0.5) is 4.39 Å². The standard InChI is InChI=1S/C15H17FN2O/c1-19-13-5-3-11(9-18)15(7-13)14-6-12(16)4-2-10(14)8-17/h2-7H,8-9,17-18H2,1H3. The Bertz CT molecular complexity index is 584. The molecule has 2 aromatic rings. The van der Waals surface area contributed by atoms with Gasteiger partial charge in [-0.25, -0.2) is 4.39 Å². The Morgan fingerprint density at radius 1 is 0.947 bits per heavy atom. The molecule has 4 N–H and O–H groups in total. The van der Waals surface area contributed by atoms with Crippen molar-refractivity contribution in [2.75, 3.05) is 7.11 Å². The molecule has 0 fully saturated rings. The highest BCUT2D eigenvalue weighted by molar-refractivity contribution is 5.72. The van der Waals surface area contributed by atoms with E-state index in [1.54, 1.807) is 13.2 Å². The highest BCUT2D eigenvalue weighted by Crippen LogP contribution is 2.31. The second-order valence-electron chi connectivity index (χ2n) is 4.23. The summed E-state index contributed by atoms with van der Waals surface area (Å²) in [7, 11) is 1.59. The van der Waals surface area contributed by atoms with Crippen molar-refractivity contribution in [3.05, 3.63) is 53.3 Å². The molecule has 2 rings (SSSR count). The maximum absolute atomic E-state index is 13.5. The summed E-state index contributed by atoms with van der Waals surface area (Å²) in [5.41, 5.74) is 14.9. The lowest BCUT2D eigenvalue weighted by molar-refractivity contribution is 0.415. The molecular weight excluding hydrogens is 243 g/mol. The first-order valence-electron chi connectivity index (χ1n) is 6.05. The predicted octanol–water partition coefficient (Wildman–Crippen LogP) is 2.42. The molecule has 3 nitrogen and oxygen atoms in total. The van der Waals surface area contributed by atoms with Crippen LogP contribution in [0.15, 0.2) is 36.4 Å². The van der Waals surface area contributed by atoms with Crippen molar-refractivity contribution in [1.29, 1.82) is 0 Å². The van der Waals surface area contributed by atoms with Crippen LogP contribution >= 0.6 is 0 Å². The molecule has 0 aliphatic carbocycles. The number of hydrogen-bond donors (Lipinski definition) is 2. The Kier molecular flexibility index (Phi) is 4.14. The average molecular weight is 260 g/mol. The summed E-state index contributed by atoms with van der Waals surface area (Å²) < 4.78 is 18.7. The molecule has 0 unspecified atom stereocenters. The van der Waals surface area contributed by atoms with Gasteiger partial charge in [-0.3, -0.25) is 0 Å². The summed E-state index contributed by atoms with van der Waals surface area (Å²) in [6, 6.07) is 10.2. The van der Waals surface area contributed by atoms with Crippen LogP contribution in [0.1, 0.15) is 11.1 Å². The first-order valence-corrected chi connectivity index (χ1v) is 6.05. The van der Waals surface area contributed by atoms with Crippen molar-refractivity contribution in [3.63, 3.8) is 0 Å². The molecule has 0 amide bonds. The van der Waals surface area contributed by atoms with Crippen molar-refractivity contribution < 1.29 is 9.13 Å². The van der Waals surface area contributed by atoms with E-state index in [1.807, 2.05) is 18.2 Å². The van der Waals surface area contributed by atoms with E-state index in [-0.39, 0.29) is 5.82 Å². The first kappa shape index (κ1) is 13.5. The Labute approximate surface area is 112 Å². The van der Waals surface area contributed by atoms with Crippen molar-refractivity contribution in [2.24, 2.45) is 11.5 Å². The minimum atomic E-state index is -0.294. The van der Waals surface area contributed by atoms with Crippen molar-refractivity contribution in [2.45, 2.75) is 13.1 Å². The first-order chi connectivity index (χ1) is 9.19. The van der Waals surface area contributed by atoms with Crippen LogP contribution in [0.5, 0.6) is 5.75 Å². The molecule has 19 heavy (non-hydrogen) atoms.